The molecular weight excluding hydrogens is 160 g/mol. The largest absolute Gasteiger partial charge is 0.394 e. The summed E-state index contributed by atoms with van der Waals surface area (Å²) in [5, 5.41) is 17.9. The molecule has 0 spiro atoms. The predicted octanol–water partition coefficient (Wildman–Crippen LogP) is -0.220. The zero-order valence-corrected chi connectivity index (χ0v) is 7.86. The normalized spacial score (nSPS) is 18.8. The van der Waals surface area contributed by atoms with Gasteiger partial charge in [0.2, 0.25) is 0 Å². The van der Waals surface area contributed by atoms with E-state index in [1.807, 2.05) is 0 Å². The molecule has 4 heteroatoms. The van der Waals surface area contributed by atoms with Crippen LogP contribution < -0.4 is 0 Å². The lowest BCUT2D eigenvalue weighted by Crippen LogP contribution is -2.31. The standard InChI is InChI=1S/C8H18O4/c1-6(4-9)12-5-8(10)7(2)11-3/h6-10H,4-5H2,1-3H3. The van der Waals surface area contributed by atoms with E-state index in [0.717, 1.165) is 0 Å². The van der Waals surface area contributed by atoms with E-state index < -0.39 is 6.10 Å². The Balaban J connectivity index is 3.49. The van der Waals surface area contributed by atoms with E-state index in [2.05, 4.69) is 0 Å². The minimum Gasteiger partial charge on any atom is -0.394 e. The second kappa shape index (κ2) is 6.37. The van der Waals surface area contributed by atoms with Crippen LogP contribution in [-0.2, 0) is 9.47 Å². The summed E-state index contributed by atoms with van der Waals surface area (Å²) in [6.45, 7) is 3.66. The summed E-state index contributed by atoms with van der Waals surface area (Å²) in [5.74, 6) is 0. The number of rotatable bonds is 6. The van der Waals surface area contributed by atoms with Gasteiger partial charge in [-0.3, -0.25) is 0 Å². The van der Waals surface area contributed by atoms with Crippen LogP contribution in [0.4, 0.5) is 0 Å². The first-order chi connectivity index (χ1) is 5.61. The zero-order valence-electron chi connectivity index (χ0n) is 7.86. The molecule has 0 saturated carbocycles. The molecule has 3 unspecified atom stereocenters. The van der Waals surface area contributed by atoms with Crippen molar-refractivity contribution in [3.8, 4) is 0 Å². The van der Waals surface area contributed by atoms with E-state index in [9.17, 15) is 5.11 Å². The molecule has 0 heterocycles. The fourth-order valence-corrected chi connectivity index (χ4v) is 0.608. The van der Waals surface area contributed by atoms with Crippen LogP contribution in [0, 0.1) is 0 Å². The van der Waals surface area contributed by atoms with Crippen molar-refractivity contribution in [3.05, 3.63) is 0 Å². The zero-order chi connectivity index (χ0) is 9.56. The monoisotopic (exact) mass is 178 g/mol. The maximum atomic E-state index is 9.33. The molecule has 0 aliphatic rings. The van der Waals surface area contributed by atoms with Crippen LogP contribution in [0.3, 0.4) is 0 Å². The first kappa shape index (κ1) is 11.8. The van der Waals surface area contributed by atoms with Crippen LogP contribution in [0.15, 0.2) is 0 Å². The summed E-state index contributed by atoms with van der Waals surface area (Å²) in [6.07, 6.45) is -1.11. The molecule has 0 rings (SSSR count). The van der Waals surface area contributed by atoms with Crippen molar-refractivity contribution in [1.29, 1.82) is 0 Å². The van der Waals surface area contributed by atoms with E-state index >= 15 is 0 Å². The van der Waals surface area contributed by atoms with Crippen LogP contribution in [0.1, 0.15) is 13.8 Å². The molecule has 0 aromatic rings. The van der Waals surface area contributed by atoms with Crippen LogP contribution in [0.2, 0.25) is 0 Å². The maximum absolute atomic E-state index is 9.33. The van der Waals surface area contributed by atoms with Crippen molar-refractivity contribution in [2.45, 2.75) is 32.2 Å². The van der Waals surface area contributed by atoms with Gasteiger partial charge in [0.1, 0.15) is 6.10 Å². The lowest BCUT2D eigenvalue weighted by molar-refractivity contribution is -0.0726. The van der Waals surface area contributed by atoms with Crippen molar-refractivity contribution in [2.75, 3.05) is 20.3 Å². The number of hydrogen-bond donors (Lipinski definition) is 2. The highest BCUT2D eigenvalue weighted by molar-refractivity contribution is 4.62. The maximum Gasteiger partial charge on any atom is 0.103 e. The summed E-state index contributed by atoms with van der Waals surface area (Å²) in [7, 11) is 1.53. The summed E-state index contributed by atoms with van der Waals surface area (Å²) in [5.41, 5.74) is 0. The van der Waals surface area contributed by atoms with E-state index in [-0.39, 0.29) is 25.4 Å². The van der Waals surface area contributed by atoms with E-state index in [4.69, 9.17) is 14.6 Å². The molecule has 0 bridgehead atoms. The number of methoxy groups -OCH3 is 1. The van der Waals surface area contributed by atoms with Gasteiger partial charge in [-0.05, 0) is 13.8 Å². The minimum absolute atomic E-state index is 0.0336. The first-order valence-corrected chi connectivity index (χ1v) is 4.05. The summed E-state index contributed by atoms with van der Waals surface area (Å²) in [6, 6.07) is 0. The minimum atomic E-state index is -0.635. The van der Waals surface area contributed by atoms with Crippen LogP contribution in [-0.4, -0.2) is 48.8 Å². The van der Waals surface area contributed by atoms with Gasteiger partial charge in [-0.15, -0.1) is 0 Å². The van der Waals surface area contributed by atoms with Crippen molar-refractivity contribution in [2.24, 2.45) is 0 Å². The topological polar surface area (TPSA) is 58.9 Å². The fraction of sp³-hybridized carbons (Fsp3) is 1.00. The van der Waals surface area contributed by atoms with Gasteiger partial charge in [0, 0.05) is 7.11 Å². The molecule has 74 valence electrons. The smallest absolute Gasteiger partial charge is 0.103 e. The second-order valence-electron chi connectivity index (χ2n) is 2.83. The summed E-state index contributed by atoms with van der Waals surface area (Å²) >= 11 is 0. The molecule has 0 fully saturated rings. The van der Waals surface area contributed by atoms with Crippen molar-refractivity contribution < 1.29 is 19.7 Å². The summed E-state index contributed by atoms with van der Waals surface area (Å²) < 4.78 is 9.98. The Morgan fingerprint density at radius 3 is 2.33 bits per heavy atom. The molecular formula is C8H18O4. The van der Waals surface area contributed by atoms with Gasteiger partial charge in [0.05, 0.1) is 25.4 Å². The Morgan fingerprint density at radius 2 is 1.92 bits per heavy atom. The van der Waals surface area contributed by atoms with Gasteiger partial charge in [-0.1, -0.05) is 0 Å². The van der Waals surface area contributed by atoms with E-state index in [1.54, 1.807) is 13.8 Å². The van der Waals surface area contributed by atoms with Crippen molar-refractivity contribution >= 4 is 0 Å². The molecule has 12 heavy (non-hydrogen) atoms. The van der Waals surface area contributed by atoms with Gasteiger partial charge < -0.3 is 19.7 Å². The Morgan fingerprint density at radius 1 is 1.33 bits per heavy atom. The highest BCUT2D eigenvalue weighted by atomic mass is 16.5. The number of hydrogen-bond acceptors (Lipinski definition) is 4. The molecule has 2 N–H and O–H groups in total. The van der Waals surface area contributed by atoms with Gasteiger partial charge >= 0.3 is 0 Å². The highest BCUT2D eigenvalue weighted by Gasteiger charge is 2.14. The van der Waals surface area contributed by atoms with Crippen LogP contribution in [0.25, 0.3) is 0 Å². The number of aliphatic hydroxyl groups excluding tert-OH is 2. The highest BCUT2D eigenvalue weighted by Crippen LogP contribution is 1.99. The molecule has 0 saturated heterocycles. The third kappa shape index (κ3) is 4.66. The number of aliphatic hydroxyl groups is 2. The van der Waals surface area contributed by atoms with Crippen molar-refractivity contribution in [1.82, 2.24) is 0 Å². The average Bonchev–Trinajstić information content (AvgIpc) is 2.11. The molecule has 3 atom stereocenters. The molecule has 0 aliphatic heterocycles. The Labute approximate surface area is 73.1 Å². The van der Waals surface area contributed by atoms with Gasteiger partial charge in [0.25, 0.3) is 0 Å². The van der Waals surface area contributed by atoms with E-state index in [1.165, 1.54) is 7.11 Å². The molecule has 0 radical (unpaired) electrons. The van der Waals surface area contributed by atoms with E-state index in [0.29, 0.717) is 0 Å². The molecule has 0 amide bonds. The fourth-order valence-electron chi connectivity index (χ4n) is 0.608. The third-order valence-corrected chi connectivity index (χ3v) is 1.72. The van der Waals surface area contributed by atoms with Gasteiger partial charge in [0.15, 0.2) is 0 Å². The predicted molar refractivity (Wildman–Crippen MR) is 45.0 cm³/mol. The summed E-state index contributed by atoms with van der Waals surface area (Å²) in [4.78, 5) is 0. The van der Waals surface area contributed by atoms with Gasteiger partial charge in [-0.25, -0.2) is 0 Å². The van der Waals surface area contributed by atoms with Crippen LogP contribution >= 0.6 is 0 Å². The lowest BCUT2D eigenvalue weighted by Gasteiger charge is -2.19. The lowest BCUT2D eigenvalue weighted by atomic mass is 10.2. The average molecular weight is 178 g/mol. The second-order valence-corrected chi connectivity index (χ2v) is 2.83. The van der Waals surface area contributed by atoms with Gasteiger partial charge in [-0.2, -0.15) is 0 Å². The number of ether oxygens (including phenoxy) is 2. The molecule has 0 aromatic carbocycles. The first-order valence-electron chi connectivity index (χ1n) is 4.05. The Hall–Kier alpha value is -0.160. The third-order valence-electron chi connectivity index (χ3n) is 1.72. The molecule has 0 aliphatic carbocycles. The quantitative estimate of drug-likeness (QED) is 0.590. The van der Waals surface area contributed by atoms with Crippen molar-refractivity contribution in [3.63, 3.8) is 0 Å². The SMILES string of the molecule is COC(C)C(O)COC(C)CO. The van der Waals surface area contributed by atoms with Crippen LogP contribution in [0.5, 0.6) is 0 Å². The Bertz CT molecular complexity index is 107. The molecule has 0 aromatic heterocycles. The Kier molecular flexibility index (Phi) is 6.28. The molecule has 4 nitrogen and oxygen atoms in total.